The van der Waals surface area contributed by atoms with Gasteiger partial charge in [-0.25, -0.2) is 0 Å². The summed E-state index contributed by atoms with van der Waals surface area (Å²) in [7, 11) is 0. The van der Waals surface area contributed by atoms with Crippen LogP contribution in [-0.4, -0.2) is 12.6 Å². The van der Waals surface area contributed by atoms with Gasteiger partial charge < -0.3 is 4.74 Å². The van der Waals surface area contributed by atoms with E-state index in [1.807, 2.05) is 0 Å². The third-order valence-electron chi connectivity index (χ3n) is 4.40. The Bertz CT molecular complexity index is 248. The third kappa shape index (κ3) is 13.2. The molecule has 2 heteroatoms. The molecule has 0 heterocycles. The molecule has 0 rings (SSSR count). The molecule has 0 spiro atoms. The fourth-order valence-electron chi connectivity index (χ4n) is 2.78. The van der Waals surface area contributed by atoms with E-state index in [2.05, 4.69) is 27.7 Å². The maximum atomic E-state index is 12.0. The van der Waals surface area contributed by atoms with Crippen LogP contribution >= 0.6 is 0 Å². The van der Waals surface area contributed by atoms with Crippen LogP contribution in [0.25, 0.3) is 0 Å². The highest BCUT2D eigenvalue weighted by atomic mass is 16.5. The zero-order valence-corrected chi connectivity index (χ0v) is 15.7. The zero-order chi connectivity index (χ0) is 16.6. The fraction of sp³-hybridized carbons (Fsp3) is 0.950. The summed E-state index contributed by atoms with van der Waals surface area (Å²) in [6.07, 6.45) is 14.4. The number of esters is 1. The zero-order valence-electron chi connectivity index (χ0n) is 15.7. The quantitative estimate of drug-likeness (QED) is 0.254. The molecule has 0 fully saturated rings. The molecule has 0 bridgehead atoms. The number of carbonyl (C=O) groups is 1. The highest BCUT2D eigenvalue weighted by Crippen LogP contribution is 2.16. The first-order valence-electron chi connectivity index (χ1n) is 9.78. The lowest BCUT2D eigenvalue weighted by Gasteiger charge is -2.14. The van der Waals surface area contributed by atoms with Crippen molar-refractivity contribution in [3.63, 3.8) is 0 Å². The second kappa shape index (κ2) is 15.4. The Labute approximate surface area is 139 Å². The van der Waals surface area contributed by atoms with Crippen LogP contribution in [0.1, 0.15) is 105 Å². The summed E-state index contributed by atoms with van der Waals surface area (Å²) in [6, 6.07) is 0. The first-order chi connectivity index (χ1) is 10.6. The van der Waals surface area contributed by atoms with Crippen molar-refractivity contribution in [1.29, 1.82) is 0 Å². The number of carbonyl (C=O) groups excluding carboxylic acids is 1. The van der Waals surface area contributed by atoms with Crippen molar-refractivity contribution in [3.8, 4) is 0 Å². The Balaban J connectivity index is 3.52. The van der Waals surface area contributed by atoms with Gasteiger partial charge in [0.15, 0.2) is 0 Å². The van der Waals surface area contributed by atoms with Gasteiger partial charge in [-0.3, -0.25) is 4.79 Å². The predicted molar refractivity (Wildman–Crippen MR) is 96.0 cm³/mol. The molecule has 0 aliphatic rings. The van der Waals surface area contributed by atoms with E-state index in [0.29, 0.717) is 6.61 Å². The van der Waals surface area contributed by atoms with Gasteiger partial charge in [0, 0.05) is 0 Å². The highest BCUT2D eigenvalue weighted by molar-refractivity contribution is 5.72. The largest absolute Gasteiger partial charge is 0.465 e. The van der Waals surface area contributed by atoms with Crippen molar-refractivity contribution >= 4 is 5.97 Å². The van der Waals surface area contributed by atoms with Crippen LogP contribution in [0, 0.1) is 11.8 Å². The molecule has 0 saturated carbocycles. The lowest BCUT2D eigenvalue weighted by molar-refractivity contribution is -0.149. The van der Waals surface area contributed by atoms with Crippen molar-refractivity contribution < 1.29 is 9.53 Å². The Morgan fingerprint density at radius 2 is 1.41 bits per heavy atom. The molecular formula is C20H40O2. The van der Waals surface area contributed by atoms with E-state index in [1.165, 1.54) is 51.4 Å². The van der Waals surface area contributed by atoms with E-state index in [1.54, 1.807) is 0 Å². The highest BCUT2D eigenvalue weighted by Gasteiger charge is 2.17. The standard InChI is InChI=1S/C20H40O2/c1-5-7-8-13-16-19(6-2)20(21)22-17-14-11-9-10-12-15-18(3)4/h18-19H,5-17H2,1-4H3. The number of hydrogen-bond acceptors (Lipinski definition) is 2. The molecule has 0 aromatic carbocycles. The molecule has 0 aliphatic heterocycles. The average Bonchev–Trinajstić information content (AvgIpc) is 2.49. The molecule has 0 N–H and O–H groups in total. The van der Waals surface area contributed by atoms with Crippen LogP contribution in [0.3, 0.4) is 0 Å². The van der Waals surface area contributed by atoms with E-state index in [9.17, 15) is 4.79 Å². The van der Waals surface area contributed by atoms with Crippen molar-refractivity contribution in [2.75, 3.05) is 6.61 Å². The summed E-state index contributed by atoms with van der Waals surface area (Å²) < 4.78 is 5.46. The fourth-order valence-corrected chi connectivity index (χ4v) is 2.78. The molecule has 132 valence electrons. The SMILES string of the molecule is CCCCCCC(CC)C(=O)OCCCCCCCC(C)C. The van der Waals surface area contributed by atoms with Crippen LogP contribution in [0.15, 0.2) is 0 Å². The minimum atomic E-state index is 0.0406. The summed E-state index contributed by atoms with van der Waals surface area (Å²) in [5, 5.41) is 0. The van der Waals surface area contributed by atoms with Gasteiger partial charge in [-0.1, -0.05) is 85.5 Å². The van der Waals surface area contributed by atoms with E-state index in [-0.39, 0.29) is 11.9 Å². The predicted octanol–water partition coefficient (Wildman–Crippen LogP) is 6.52. The smallest absolute Gasteiger partial charge is 0.308 e. The Hall–Kier alpha value is -0.530. The first kappa shape index (κ1) is 21.5. The van der Waals surface area contributed by atoms with Gasteiger partial charge in [-0.15, -0.1) is 0 Å². The Morgan fingerprint density at radius 3 is 2.05 bits per heavy atom. The van der Waals surface area contributed by atoms with Crippen LogP contribution in [0.2, 0.25) is 0 Å². The third-order valence-corrected chi connectivity index (χ3v) is 4.40. The first-order valence-corrected chi connectivity index (χ1v) is 9.78. The van der Waals surface area contributed by atoms with Crippen molar-refractivity contribution in [2.24, 2.45) is 11.8 Å². The van der Waals surface area contributed by atoms with Crippen LogP contribution in [0.4, 0.5) is 0 Å². The van der Waals surface area contributed by atoms with E-state index < -0.39 is 0 Å². The summed E-state index contributed by atoms with van der Waals surface area (Å²) in [4.78, 5) is 12.0. The van der Waals surface area contributed by atoms with Crippen molar-refractivity contribution in [1.82, 2.24) is 0 Å². The van der Waals surface area contributed by atoms with Gasteiger partial charge in [-0.2, -0.15) is 0 Å². The monoisotopic (exact) mass is 312 g/mol. The Morgan fingerprint density at radius 1 is 0.818 bits per heavy atom. The minimum Gasteiger partial charge on any atom is -0.465 e. The normalized spacial score (nSPS) is 12.6. The molecule has 22 heavy (non-hydrogen) atoms. The lowest BCUT2D eigenvalue weighted by Crippen LogP contribution is -2.17. The number of ether oxygens (including phenoxy) is 1. The maximum absolute atomic E-state index is 12.0. The van der Waals surface area contributed by atoms with Gasteiger partial charge in [0.25, 0.3) is 0 Å². The number of hydrogen-bond donors (Lipinski definition) is 0. The van der Waals surface area contributed by atoms with Gasteiger partial charge in [0.2, 0.25) is 0 Å². The summed E-state index contributed by atoms with van der Waals surface area (Å²) >= 11 is 0. The topological polar surface area (TPSA) is 26.3 Å². The molecule has 0 aliphatic carbocycles. The molecule has 0 aromatic rings. The second-order valence-electron chi connectivity index (χ2n) is 7.07. The van der Waals surface area contributed by atoms with Crippen LogP contribution in [0.5, 0.6) is 0 Å². The molecular weight excluding hydrogens is 272 g/mol. The van der Waals surface area contributed by atoms with Crippen LogP contribution < -0.4 is 0 Å². The van der Waals surface area contributed by atoms with E-state index in [4.69, 9.17) is 4.74 Å². The molecule has 1 atom stereocenters. The number of unbranched alkanes of at least 4 members (excludes halogenated alkanes) is 7. The molecule has 0 saturated heterocycles. The molecule has 2 nitrogen and oxygen atoms in total. The molecule has 0 radical (unpaired) electrons. The van der Waals surface area contributed by atoms with Crippen LogP contribution in [-0.2, 0) is 9.53 Å². The van der Waals surface area contributed by atoms with E-state index in [0.717, 1.165) is 31.6 Å². The second-order valence-corrected chi connectivity index (χ2v) is 7.07. The minimum absolute atomic E-state index is 0.0406. The lowest BCUT2D eigenvalue weighted by atomic mass is 9.98. The van der Waals surface area contributed by atoms with E-state index >= 15 is 0 Å². The number of rotatable bonds is 15. The van der Waals surface area contributed by atoms with Crippen molar-refractivity contribution in [2.45, 2.75) is 105 Å². The molecule has 0 amide bonds. The Kier molecular flexibility index (Phi) is 15.0. The van der Waals surface area contributed by atoms with Gasteiger partial charge in [0.1, 0.15) is 0 Å². The molecule has 1 unspecified atom stereocenters. The summed E-state index contributed by atoms with van der Waals surface area (Å²) in [6.45, 7) is 9.50. The summed E-state index contributed by atoms with van der Waals surface area (Å²) in [5.74, 6) is 0.992. The van der Waals surface area contributed by atoms with Gasteiger partial charge in [-0.05, 0) is 25.2 Å². The average molecular weight is 313 g/mol. The maximum Gasteiger partial charge on any atom is 0.308 e. The molecule has 0 aromatic heterocycles. The van der Waals surface area contributed by atoms with Crippen molar-refractivity contribution in [3.05, 3.63) is 0 Å². The van der Waals surface area contributed by atoms with Gasteiger partial charge >= 0.3 is 5.97 Å². The summed E-state index contributed by atoms with van der Waals surface area (Å²) in [5.41, 5.74) is 0. The van der Waals surface area contributed by atoms with Gasteiger partial charge in [0.05, 0.1) is 12.5 Å².